The number of rotatable bonds is 1. The van der Waals surface area contributed by atoms with E-state index < -0.39 is 0 Å². The zero-order chi connectivity index (χ0) is 16.7. The van der Waals surface area contributed by atoms with Crippen molar-refractivity contribution >= 4 is 22.8 Å². The second-order valence-electron chi connectivity index (χ2n) is 5.49. The molecule has 2 heterocycles. The van der Waals surface area contributed by atoms with Crippen LogP contribution in [0.5, 0.6) is 0 Å². The highest BCUT2D eigenvalue weighted by Crippen LogP contribution is 2.26. The molecule has 0 N–H and O–H groups in total. The molecule has 2 nitrogen and oxygen atoms in total. The van der Waals surface area contributed by atoms with E-state index in [2.05, 4.69) is 60.2 Å². The third-order valence-corrected chi connectivity index (χ3v) is 3.82. The van der Waals surface area contributed by atoms with Gasteiger partial charge >= 0.3 is 0 Å². The normalized spacial score (nSPS) is 13.6. The highest BCUT2D eigenvalue weighted by molar-refractivity contribution is 5.93. The molecule has 0 saturated carbocycles. The minimum atomic E-state index is 1.04. The smallest absolute Gasteiger partial charge is 0.0664 e. The first-order chi connectivity index (χ1) is 11.3. The van der Waals surface area contributed by atoms with Crippen LogP contribution in [0.2, 0.25) is 0 Å². The van der Waals surface area contributed by atoms with Gasteiger partial charge in [0.1, 0.15) is 0 Å². The average molecular weight is 306 g/mol. The van der Waals surface area contributed by atoms with Gasteiger partial charge in [-0.2, -0.15) is 0 Å². The SMILES string of the molecule is CC.CC1=Nc2ccccc2C1.CCC1=Nc2ccccc2C1. The molecular weight excluding hydrogens is 280 g/mol. The molecule has 2 heteroatoms. The van der Waals surface area contributed by atoms with Gasteiger partial charge in [-0.25, -0.2) is 0 Å². The molecule has 0 aromatic heterocycles. The van der Waals surface area contributed by atoms with E-state index in [1.54, 1.807) is 0 Å². The third kappa shape index (κ3) is 4.38. The van der Waals surface area contributed by atoms with Crippen molar-refractivity contribution in [2.75, 3.05) is 0 Å². The van der Waals surface area contributed by atoms with E-state index in [1.807, 2.05) is 26.0 Å². The van der Waals surface area contributed by atoms with Crippen molar-refractivity contribution in [3.8, 4) is 0 Å². The number of nitrogens with zero attached hydrogens (tertiary/aromatic N) is 2. The van der Waals surface area contributed by atoms with E-state index in [1.165, 1.54) is 28.2 Å². The predicted octanol–water partition coefficient (Wildman–Crippen LogP) is 6.09. The van der Waals surface area contributed by atoms with Crippen LogP contribution in [0.3, 0.4) is 0 Å². The summed E-state index contributed by atoms with van der Waals surface area (Å²) in [4.78, 5) is 8.86. The van der Waals surface area contributed by atoms with Crippen LogP contribution in [0.25, 0.3) is 0 Å². The molecule has 2 aliphatic rings. The lowest BCUT2D eigenvalue weighted by Crippen LogP contribution is -1.93. The minimum Gasteiger partial charge on any atom is -0.257 e. The Hall–Kier alpha value is -2.22. The molecule has 0 spiro atoms. The maximum atomic E-state index is 4.49. The van der Waals surface area contributed by atoms with Crippen LogP contribution in [-0.4, -0.2) is 11.4 Å². The molecule has 0 saturated heterocycles. The maximum absolute atomic E-state index is 4.49. The van der Waals surface area contributed by atoms with E-state index in [0.717, 1.165) is 24.9 Å². The van der Waals surface area contributed by atoms with E-state index in [4.69, 9.17) is 0 Å². The van der Waals surface area contributed by atoms with Crippen molar-refractivity contribution in [2.24, 2.45) is 9.98 Å². The van der Waals surface area contributed by atoms with Crippen molar-refractivity contribution in [3.05, 3.63) is 59.7 Å². The Balaban J connectivity index is 0.000000152. The molecule has 0 fully saturated rings. The monoisotopic (exact) mass is 306 g/mol. The zero-order valence-electron chi connectivity index (χ0n) is 14.6. The summed E-state index contributed by atoms with van der Waals surface area (Å²) in [5.74, 6) is 0. The van der Waals surface area contributed by atoms with E-state index in [-0.39, 0.29) is 0 Å². The van der Waals surface area contributed by atoms with Crippen molar-refractivity contribution in [1.82, 2.24) is 0 Å². The fourth-order valence-electron chi connectivity index (χ4n) is 2.69. The van der Waals surface area contributed by atoms with Crippen molar-refractivity contribution in [1.29, 1.82) is 0 Å². The van der Waals surface area contributed by atoms with E-state index in [0.29, 0.717) is 0 Å². The predicted molar refractivity (Wildman–Crippen MR) is 102 cm³/mol. The van der Waals surface area contributed by atoms with Gasteiger partial charge in [0.25, 0.3) is 0 Å². The second kappa shape index (κ2) is 8.42. The lowest BCUT2D eigenvalue weighted by molar-refractivity contribution is 1.22. The Morgan fingerprint density at radius 1 is 0.783 bits per heavy atom. The second-order valence-corrected chi connectivity index (χ2v) is 5.49. The summed E-state index contributed by atoms with van der Waals surface area (Å²) in [6.07, 6.45) is 3.18. The maximum Gasteiger partial charge on any atom is 0.0664 e. The molecule has 4 rings (SSSR count). The quantitative estimate of drug-likeness (QED) is 0.609. The Labute approximate surface area is 140 Å². The van der Waals surface area contributed by atoms with Gasteiger partial charge in [-0.3, -0.25) is 9.98 Å². The van der Waals surface area contributed by atoms with E-state index >= 15 is 0 Å². The highest BCUT2D eigenvalue weighted by atomic mass is 14.8. The molecule has 23 heavy (non-hydrogen) atoms. The van der Waals surface area contributed by atoms with Gasteiger partial charge < -0.3 is 0 Å². The Morgan fingerprint density at radius 2 is 1.30 bits per heavy atom. The summed E-state index contributed by atoms with van der Waals surface area (Å²) >= 11 is 0. The molecule has 120 valence electrons. The highest BCUT2D eigenvalue weighted by Gasteiger charge is 2.10. The molecule has 2 aromatic carbocycles. The Morgan fingerprint density at radius 3 is 1.83 bits per heavy atom. The van der Waals surface area contributed by atoms with E-state index in [9.17, 15) is 0 Å². The van der Waals surface area contributed by atoms with Crippen molar-refractivity contribution in [2.45, 2.75) is 47.0 Å². The molecule has 0 unspecified atom stereocenters. The number of aliphatic imine (C=N–C) groups is 2. The topological polar surface area (TPSA) is 24.7 Å². The number of hydrogen-bond acceptors (Lipinski definition) is 2. The minimum absolute atomic E-state index is 1.04. The van der Waals surface area contributed by atoms with Gasteiger partial charge in [0.05, 0.1) is 11.4 Å². The van der Waals surface area contributed by atoms with Gasteiger partial charge in [0.15, 0.2) is 0 Å². The molecule has 0 atom stereocenters. The number of hydrogen-bond donors (Lipinski definition) is 0. The molecule has 0 amide bonds. The first kappa shape index (κ1) is 17.1. The van der Waals surface area contributed by atoms with Gasteiger partial charge in [-0.1, -0.05) is 57.2 Å². The lowest BCUT2D eigenvalue weighted by Gasteiger charge is -1.92. The van der Waals surface area contributed by atoms with Crippen LogP contribution in [0, 0.1) is 0 Å². The largest absolute Gasteiger partial charge is 0.257 e. The fraction of sp³-hybridized carbons (Fsp3) is 0.333. The van der Waals surface area contributed by atoms with Crippen LogP contribution < -0.4 is 0 Å². The molecule has 0 radical (unpaired) electrons. The van der Waals surface area contributed by atoms with Gasteiger partial charge in [-0.05, 0) is 36.6 Å². The first-order valence-electron chi connectivity index (χ1n) is 8.52. The Bertz CT molecular complexity index is 711. The van der Waals surface area contributed by atoms with Crippen LogP contribution in [0.1, 0.15) is 45.2 Å². The number of fused-ring (bicyclic) bond motifs is 2. The summed E-state index contributed by atoms with van der Waals surface area (Å²) < 4.78 is 0. The standard InChI is InChI=1S/C10H11N.C9H9N.C2H6/c1-2-9-7-8-5-3-4-6-10(8)11-9;1-7-6-8-4-2-3-5-9(8)10-7;1-2/h3-6H,2,7H2,1H3;2-5H,6H2,1H3;1-2H3. The first-order valence-corrected chi connectivity index (χ1v) is 8.52. The van der Waals surface area contributed by atoms with Crippen LogP contribution in [0.4, 0.5) is 11.4 Å². The fourth-order valence-corrected chi connectivity index (χ4v) is 2.69. The summed E-state index contributed by atoms with van der Waals surface area (Å²) in [5, 5.41) is 0. The summed E-state index contributed by atoms with van der Waals surface area (Å²) in [6, 6.07) is 16.6. The summed E-state index contributed by atoms with van der Waals surface area (Å²) in [6.45, 7) is 8.23. The van der Waals surface area contributed by atoms with Crippen LogP contribution in [-0.2, 0) is 12.8 Å². The van der Waals surface area contributed by atoms with Gasteiger partial charge in [-0.15, -0.1) is 0 Å². The molecule has 0 bridgehead atoms. The summed E-state index contributed by atoms with van der Waals surface area (Å²) in [5.41, 5.74) is 7.60. The van der Waals surface area contributed by atoms with Gasteiger partial charge in [0.2, 0.25) is 0 Å². The van der Waals surface area contributed by atoms with Crippen molar-refractivity contribution in [3.63, 3.8) is 0 Å². The average Bonchev–Trinajstić information content (AvgIpc) is 3.18. The van der Waals surface area contributed by atoms with Crippen LogP contribution >= 0.6 is 0 Å². The van der Waals surface area contributed by atoms with Gasteiger partial charge in [0, 0.05) is 24.3 Å². The number of benzene rings is 2. The molecule has 2 aliphatic heterocycles. The summed E-state index contributed by atoms with van der Waals surface area (Å²) in [7, 11) is 0. The molecule has 0 aliphatic carbocycles. The number of para-hydroxylation sites is 2. The van der Waals surface area contributed by atoms with Crippen molar-refractivity contribution < 1.29 is 0 Å². The zero-order valence-corrected chi connectivity index (χ0v) is 14.6. The Kier molecular flexibility index (Phi) is 6.28. The lowest BCUT2D eigenvalue weighted by atomic mass is 10.1. The molecule has 2 aromatic rings. The van der Waals surface area contributed by atoms with Crippen LogP contribution in [0.15, 0.2) is 58.5 Å². The third-order valence-electron chi connectivity index (χ3n) is 3.82. The molecular formula is C21H26N2.